The Labute approximate surface area is 145 Å². The van der Waals surface area contributed by atoms with Gasteiger partial charge in [-0.05, 0) is 0 Å². The van der Waals surface area contributed by atoms with Crippen LogP contribution in [0.5, 0.6) is 0 Å². The fourth-order valence-corrected chi connectivity index (χ4v) is 3.79. The van der Waals surface area contributed by atoms with E-state index in [2.05, 4.69) is 49.0 Å². The number of rotatable bonds is 11. The van der Waals surface area contributed by atoms with Crippen LogP contribution in [0.2, 0.25) is 5.32 Å². The third-order valence-corrected chi connectivity index (χ3v) is 5.47. The Morgan fingerprint density at radius 2 is 1.52 bits per heavy atom. The van der Waals surface area contributed by atoms with Gasteiger partial charge in [0, 0.05) is 0 Å². The summed E-state index contributed by atoms with van der Waals surface area (Å²) in [6.07, 6.45) is 1.10. The van der Waals surface area contributed by atoms with Gasteiger partial charge in [-0.2, -0.15) is 0 Å². The van der Waals surface area contributed by atoms with Gasteiger partial charge >= 0.3 is 139 Å². The van der Waals surface area contributed by atoms with Crippen LogP contribution in [-0.2, 0) is 16.1 Å². The van der Waals surface area contributed by atoms with Gasteiger partial charge in [0.2, 0.25) is 0 Å². The Hall–Kier alpha value is -1.38. The molecule has 2 aromatic rings. The molecule has 2 rings (SSSR count). The van der Waals surface area contributed by atoms with Crippen molar-refractivity contribution in [3.63, 3.8) is 0 Å². The minimum absolute atomic E-state index is 0.556. The maximum absolute atomic E-state index is 5.67. The standard InChI is InChI=1S/C20H24O2Se/c1-18(16-22-17-19-9-4-2-5-10-19)15-21-13-8-14-23-20-11-6-3-7-12-20/h2-7,9-12H,1,8,13-17H2. The van der Waals surface area contributed by atoms with Crippen LogP contribution in [0, 0.1) is 0 Å². The van der Waals surface area contributed by atoms with E-state index in [1.54, 1.807) is 0 Å². The van der Waals surface area contributed by atoms with E-state index in [0.717, 1.165) is 18.6 Å². The first-order valence-corrected chi connectivity index (χ1v) is 9.95. The fraction of sp³-hybridized carbons (Fsp3) is 0.300. The summed E-state index contributed by atoms with van der Waals surface area (Å²) in [5, 5.41) is 1.22. The molecular weight excluding hydrogens is 351 g/mol. The van der Waals surface area contributed by atoms with Gasteiger partial charge in [0.1, 0.15) is 0 Å². The third-order valence-electron chi connectivity index (χ3n) is 3.17. The monoisotopic (exact) mass is 376 g/mol. The van der Waals surface area contributed by atoms with Gasteiger partial charge in [-0.15, -0.1) is 0 Å². The minimum atomic E-state index is 0.556. The molecule has 0 aliphatic carbocycles. The Morgan fingerprint density at radius 1 is 0.870 bits per heavy atom. The molecule has 23 heavy (non-hydrogen) atoms. The van der Waals surface area contributed by atoms with Gasteiger partial charge in [0.05, 0.1) is 0 Å². The van der Waals surface area contributed by atoms with Crippen LogP contribution in [0.15, 0.2) is 72.8 Å². The Kier molecular flexibility index (Phi) is 8.75. The van der Waals surface area contributed by atoms with Gasteiger partial charge in [-0.25, -0.2) is 0 Å². The van der Waals surface area contributed by atoms with E-state index in [-0.39, 0.29) is 0 Å². The summed E-state index contributed by atoms with van der Waals surface area (Å²) in [7, 11) is 0. The van der Waals surface area contributed by atoms with Crippen LogP contribution in [0.25, 0.3) is 0 Å². The van der Waals surface area contributed by atoms with Crippen LogP contribution >= 0.6 is 0 Å². The molecule has 0 saturated heterocycles. The van der Waals surface area contributed by atoms with E-state index >= 15 is 0 Å². The molecule has 2 nitrogen and oxygen atoms in total. The van der Waals surface area contributed by atoms with Crippen LogP contribution < -0.4 is 4.46 Å². The van der Waals surface area contributed by atoms with Crippen molar-refractivity contribution < 1.29 is 9.47 Å². The predicted octanol–water partition coefficient (Wildman–Crippen LogP) is 3.61. The molecule has 0 fully saturated rings. The second kappa shape index (κ2) is 11.2. The van der Waals surface area contributed by atoms with Gasteiger partial charge in [-0.3, -0.25) is 0 Å². The second-order valence-electron chi connectivity index (χ2n) is 5.30. The summed E-state index contributed by atoms with van der Waals surface area (Å²) in [6.45, 7) is 6.58. The molecule has 0 aromatic heterocycles. The summed E-state index contributed by atoms with van der Waals surface area (Å²) in [6, 6.07) is 20.9. The van der Waals surface area contributed by atoms with Crippen LogP contribution in [0.1, 0.15) is 12.0 Å². The first-order valence-electron chi connectivity index (χ1n) is 7.88. The molecule has 0 N–H and O–H groups in total. The SMILES string of the molecule is C=C(COCCC[Se]c1ccccc1)COCc1ccccc1. The molecule has 0 heterocycles. The zero-order valence-electron chi connectivity index (χ0n) is 13.4. The van der Waals surface area contributed by atoms with Crippen LogP contribution in [0.4, 0.5) is 0 Å². The molecule has 0 aliphatic rings. The molecule has 0 bridgehead atoms. The summed E-state index contributed by atoms with van der Waals surface area (Å²) < 4.78 is 12.8. The summed E-state index contributed by atoms with van der Waals surface area (Å²) in [5.74, 6) is 0. The average molecular weight is 375 g/mol. The van der Waals surface area contributed by atoms with E-state index in [4.69, 9.17) is 9.47 Å². The molecule has 0 aliphatic heterocycles. The van der Waals surface area contributed by atoms with Gasteiger partial charge in [0.15, 0.2) is 0 Å². The third kappa shape index (κ3) is 8.15. The second-order valence-corrected chi connectivity index (χ2v) is 7.75. The van der Waals surface area contributed by atoms with Crippen molar-refractivity contribution in [1.82, 2.24) is 0 Å². The zero-order chi connectivity index (χ0) is 16.2. The zero-order valence-corrected chi connectivity index (χ0v) is 15.2. The molecule has 0 unspecified atom stereocenters. The Balaban J connectivity index is 1.45. The molecule has 0 atom stereocenters. The first-order chi connectivity index (χ1) is 11.3. The number of hydrogen-bond donors (Lipinski definition) is 0. The fourth-order valence-electron chi connectivity index (χ4n) is 2.01. The van der Waals surface area contributed by atoms with E-state index in [1.807, 2.05) is 18.2 Å². The Morgan fingerprint density at radius 3 is 2.26 bits per heavy atom. The number of hydrogen-bond acceptors (Lipinski definition) is 2. The number of ether oxygens (including phenoxy) is 2. The summed E-state index contributed by atoms with van der Waals surface area (Å²) in [4.78, 5) is 0. The van der Waals surface area contributed by atoms with Crippen molar-refractivity contribution in [2.75, 3.05) is 19.8 Å². The van der Waals surface area contributed by atoms with Crippen molar-refractivity contribution in [2.24, 2.45) is 0 Å². The molecule has 0 radical (unpaired) electrons. The number of benzene rings is 2. The van der Waals surface area contributed by atoms with E-state index in [1.165, 1.54) is 15.3 Å². The predicted molar refractivity (Wildman–Crippen MR) is 97.3 cm³/mol. The topological polar surface area (TPSA) is 18.5 Å². The van der Waals surface area contributed by atoms with Crippen molar-refractivity contribution in [1.29, 1.82) is 0 Å². The van der Waals surface area contributed by atoms with Crippen molar-refractivity contribution in [3.8, 4) is 0 Å². The molecule has 0 spiro atoms. The maximum atomic E-state index is 5.67. The summed E-state index contributed by atoms with van der Waals surface area (Å²) in [5.41, 5.74) is 2.18. The molecular formula is C20H24O2Se. The Bertz CT molecular complexity index is 554. The van der Waals surface area contributed by atoms with Crippen LogP contribution in [0.3, 0.4) is 0 Å². The van der Waals surface area contributed by atoms with E-state index < -0.39 is 0 Å². The van der Waals surface area contributed by atoms with Gasteiger partial charge in [-0.1, -0.05) is 6.07 Å². The molecule has 2 aromatic carbocycles. The van der Waals surface area contributed by atoms with Crippen LogP contribution in [-0.4, -0.2) is 34.8 Å². The van der Waals surface area contributed by atoms with Crippen molar-refractivity contribution in [3.05, 3.63) is 78.4 Å². The summed E-state index contributed by atoms with van der Waals surface area (Å²) >= 11 is 0.556. The quantitative estimate of drug-likeness (QED) is 0.339. The molecule has 3 heteroatoms. The average Bonchev–Trinajstić information content (AvgIpc) is 2.60. The first kappa shape index (κ1) is 18.0. The molecule has 0 amide bonds. The van der Waals surface area contributed by atoms with Gasteiger partial charge in [0.25, 0.3) is 0 Å². The van der Waals surface area contributed by atoms with E-state index in [0.29, 0.717) is 34.8 Å². The normalized spacial score (nSPS) is 10.6. The van der Waals surface area contributed by atoms with Gasteiger partial charge < -0.3 is 0 Å². The molecule has 122 valence electrons. The van der Waals surface area contributed by atoms with E-state index in [9.17, 15) is 0 Å². The van der Waals surface area contributed by atoms with Crippen molar-refractivity contribution in [2.45, 2.75) is 18.3 Å². The van der Waals surface area contributed by atoms with Crippen molar-refractivity contribution >= 4 is 19.4 Å². The molecule has 0 saturated carbocycles.